The van der Waals surface area contributed by atoms with E-state index in [2.05, 4.69) is 47.7 Å². The summed E-state index contributed by atoms with van der Waals surface area (Å²) in [5, 5.41) is 10.8. The highest BCUT2D eigenvalue weighted by Crippen LogP contribution is 2.38. The molecule has 0 aliphatic carbocycles. The van der Waals surface area contributed by atoms with E-state index in [1.165, 1.54) is 0 Å². The van der Waals surface area contributed by atoms with E-state index >= 15 is 0 Å². The fourth-order valence-electron chi connectivity index (χ4n) is 2.50. The van der Waals surface area contributed by atoms with Gasteiger partial charge in [-0.1, -0.05) is 70.2 Å². The first kappa shape index (κ1) is 20.1. The molecule has 3 atom stereocenters. The Morgan fingerprint density at radius 2 is 1.74 bits per heavy atom. The molecule has 1 aromatic rings. The van der Waals surface area contributed by atoms with Crippen molar-refractivity contribution in [2.45, 2.75) is 71.4 Å². The van der Waals surface area contributed by atoms with Gasteiger partial charge < -0.3 is 9.53 Å². The Morgan fingerprint density at radius 1 is 1.17 bits per heavy atom. The summed E-state index contributed by atoms with van der Waals surface area (Å²) in [6.45, 7) is 15.5. The largest absolute Gasteiger partial charge is 0.414 e. The second-order valence-corrected chi connectivity index (χ2v) is 12.7. The zero-order valence-electron chi connectivity index (χ0n) is 15.8. The molecule has 1 unspecified atom stereocenters. The van der Waals surface area contributed by atoms with Crippen LogP contribution in [0.5, 0.6) is 0 Å². The van der Waals surface area contributed by atoms with Gasteiger partial charge in [0.1, 0.15) is 0 Å². The van der Waals surface area contributed by atoms with Crippen LogP contribution in [0.1, 0.15) is 46.6 Å². The van der Waals surface area contributed by atoms with Crippen LogP contribution in [-0.2, 0) is 4.43 Å². The van der Waals surface area contributed by atoms with Gasteiger partial charge in [0.2, 0.25) is 0 Å². The molecule has 0 amide bonds. The lowest BCUT2D eigenvalue weighted by Crippen LogP contribution is -2.46. The molecule has 0 saturated carbocycles. The van der Waals surface area contributed by atoms with Crippen molar-refractivity contribution < 1.29 is 9.53 Å². The first-order valence-electron chi connectivity index (χ1n) is 8.67. The van der Waals surface area contributed by atoms with Gasteiger partial charge in [0.15, 0.2) is 8.32 Å². The zero-order valence-corrected chi connectivity index (χ0v) is 16.8. The molecule has 0 fully saturated rings. The summed E-state index contributed by atoms with van der Waals surface area (Å²) in [7, 11) is -1.81. The maximum Gasteiger partial charge on any atom is 0.192 e. The molecule has 0 radical (unpaired) electrons. The molecular weight excluding hydrogens is 300 g/mol. The SMILES string of the molecule is CC[C@H](C(O)/C=C/c1ccccc1)[C@H](C)O[Si](C)(C)C(C)(C)C. The minimum absolute atomic E-state index is 0.0521. The highest BCUT2D eigenvalue weighted by molar-refractivity contribution is 6.74. The van der Waals surface area contributed by atoms with Crippen molar-refractivity contribution in [2.24, 2.45) is 5.92 Å². The van der Waals surface area contributed by atoms with Gasteiger partial charge in [-0.25, -0.2) is 0 Å². The van der Waals surface area contributed by atoms with Gasteiger partial charge in [-0.05, 0) is 37.0 Å². The van der Waals surface area contributed by atoms with E-state index in [4.69, 9.17) is 4.43 Å². The summed E-state index contributed by atoms with van der Waals surface area (Å²) in [6.07, 6.45) is 4.36. The summed E-state index contributed by atoms with van der Waals surface area (Å²) in [6, 6.07) is 10.1. The molecule has 3 heteroatoms. The number of aliphatic hydroxyl groups is 1. The average molecular weight is 335 g/mol. The highest BCUT2D eigenvalue weighted by atomic mass is 28.4. The summed E-state index contributed by atoms with van der Waals surface area (Å²) in [4.78, 5) is 0. The second kappa shape index (κ2) is 8.27. The normalized spacial score (nSPS) is 17.2. The summed E-state index contributed by atoms with van der Waals surface area (Å²) < 4.78 is 6.47. The average Bonchev–Trinajstić information content (AvgIpc) is 2.45. The van der Waals surface area contributed by atoms with Crippen LogP contribution in [0.2, 0.25) is 18.1 Å². The lowest BCUT2D eigenvalue weighted by atomic mass is 9.93. The van der Waals surface area contributed by atoms with Crippen molar-refractivity contribution in [3.05, 3.63) is 42.0 Å². The highest BCUT2D eigenvalue weighted by Gasteiger charge is 2.40. The minimum Gasteiger partial charge on any atom is -0.414 e. The molecular formula is C20H34O2Si. The molecule has 0 saturated heterocycles. The van der Waals surface area contributed by atoms with Gasteiger partial charge >= 0.3 is 0 Å². The van der Waals surface area contributed by atoms with Gasteiger partial charge in [0.05, 0.1) is 6.10 Å². The molecule has 1 aromatic carbocycles. The van der Waals surface area contributed by atoms with Crippen molar-refractivity contribution in [2.75, 3.05) is 0 Å². The Morgan fingerprint density at radius 3 is 2.22 bits per heavy atom. The van der Waals surface area contributed by atoms with Crippen molar-refractivity contribution in [3.63, 3.8) is 0 Å². The standard InChI is InChI=1S/C20H34O2Si/c1-8-18(16(2)22-23(6,7)20(3,4)5)19(21)15-14-17-12-10-9-11-13-17/h9-16,18-19,21H,8H2,1-7H3/b15-14+/t16-,18-,19?/m0/s1. The Labute approximate surface area is 143 Å². The van der Waals surface area contributed by atoms with Crippen molar-refractivity contribution >= 4 is 14.4 Å². The van der Waals surface area contributed by atoms with E-state index in [9.17, 15) is 5.11 Å². The maximum atomic E-state index is 10.6. The predicted molar refractivity (Wildman–Crippen MR) is 103 cm³/mol. The Kier molecular flexibility index (Phi) is 7.24. The molecule has 0 heterocycles. The predicted octanol–water partition coefficient (Wildman–Crippen LogP) is 5.50. The van der Waals surface area contributed by atoms with Crippen LogP contribution in [-0.4, -0.2) is 25.6 Å². The monoisotopic (exact) mass is 334 g/mol. The second-order valence-electron chi connectivity index (χ2n) is 7.92. The summed E-state index contributed by atoms with van der Waals surface area (Å²) in [5.41, 5.74) is 1.11. The van der Waals surface area contributed by atoms with Crippen molar-refractivity contribution in [1.82, 2.24) is 0 Å². The minimum atomic E-state index is -1.81. The Balaban J connectivity index is 2.76. The number of aliphatic hydroxyl groups excluding tert-OH is 1. The van der Waals surface area contributed by atoms with E-state index in [1.807, 2.05) is 42.5 Å². The molecule has 0 spiro atoms. The van der Waals surface area contributed by atoms with E-state index in [1.54, 1.807) is 0 Å². The summed E-state index contributed by atoms with van der Waals surface area (Å²) in [5.74, 6) is 0.115. The van der Waals surface area contributed by atoms with Crippen LogP contribution in [0.25, 0.3) is 6.08 Å². The molecule has 0 aromatic heterocycles. The van der Waals surface area contributed by atoms with E-state index in [-0.39, 0.29) is 17.1 Å². The fourth-order valence-corrected chi connectivity index (χ4v) is 3.95. The quantitative estimate of drug-likeness (QED) is 0.667. The van der Waals surface area contributed by atoms with Gasteiger partial charge in [0.25, 0.3) is 0 Å². The smallest absolute Gasteiger partial charge is 0.192 e. The molecule has 0 aliphatic heterocycles. The molecule has 1 N–H and O–H groups in total. The van der Waals surface area contributed by atoms with Crippen LogP contribution < -0.4 is 0 Å². The third-order valence-corrected chi connectivity index (χ3v) is 9.66. The van der Waals surface area contributed by atoms with Crippen LogP contribution in [0.3, 0.4) is 0 Å². The van der Waals surface area contributed by atoms with Gasteiger partial charge in [0, 0.05) is 12.0 Å². The molecule has 1 rings (SSSR count). The van der Waals surface area contributed by atoms with Crippen LogP contribution in [0, 0.1) is 5.92 Å². The van der Waals surface area contributed by atoms with Crippen molar-refractivity contribution in [3.8, 4) is 0 Å². The Hall–Kier alpha value is -0.903. The molecule has 130 valence electrons. The first-order chi connectivity index (χ1) is 10.6. The third kappa shape index (κ3) is 5.90. The van der Waals surface area contributed by atoms with Crippen molar-refractivity contribution in [1.29, 1.82) is 0 Å². The van der Waals surface area contributed by atoms with Gasteiger partial charge in [-0.15, -0.1) is 0 Å². The van der Waals surface area contributed by atoms with E-state index < -0.39 is 14.4 Å². The molecule has 2 nitrogen and oxygen atoms in total. The van der Waals surface area contributed by atoms with E-state index in [0.717, 1.165) is 12.0 Å². The number of hydrogen-bond acceptors (Lipinski definition) is 2. The first-order valence-corrected chi connectivity index (χ1v) is 11.6. The third-order valence-electron chi connectivity index (χ3n) is 5.09. The van der Waals surface area contributed by atoms with E-state index in [0.29, 0.717) is 0 Å². The van der Waals surface area contributed by atoms with Gasteiger partial charge in [-0.2, -0.15) is 0 Å². The summed E-state index contributed by atoms with van der Waals surface area (Å²) >= 11 is 0. The Bertz CT molecular complexity index is 488. The lowest BCUT2D eigenvalue weighted by Gasteiger charge is -2.41. The topological polar surface area (TPSA) is 29.5 Å². The van der Waals surface area contributed by atoms with Gasteiger partial charge in [-0.3, -0.25) is 0 Å². The van der Waals surface area contributed by atoms with Crippen LogP contribution in [0.15, 0.2) is 36.4 Å². The van der Waals surface area contributed by atoms with Crippen LogP contribution in [0.4, 0.5) is 0 Å². The zero-order chi connectivity index (χ0) is 17.7. The fraction of sp³-hybridized carbons (Fsp3) is 0.600. The number of hydrogen-bond donors (Lipinski definition) is 1. The van der Waals surface area contributed by atoms with Crippen LogP contribution >= 0.6 is 0 Å². The molecule has 0 aliphatic rings. The maximum absolute atomic E-state index is 10.6. The molecule has 0 bridgehead atoms. The number of rotatable bonds is 7. The number of benzene rings is 1. The molecule has 23 heavy (non-hydrogen) atoms. The lowest BCUT2D eigenvalue weighted by molar-refractivity contribution is 0.0509.